The maximum atomic E-state index is 10.5. The van der Waals surface area contributed by atoms with Gasteiger partial charge >= 0.3 is 5.97 Å². The number of carbonyl (C=O) groups is 1. The van der Waals surface area contributed by atoms with Gasteiger partial charge in [-0.3, -0.25) is 0 Å². The van der Waals surface area contributed by atoms with Gasteiger partial charge in [-0.15, -0.1) is 0 Å². The van der Waals surface area contributed by atoms with E-state index in [4.69, 9.17) is 5.11 Å². The summed E-state index contributed by atoms with van der Waals surface area (Å²) in [5.41, 5.74) is 0. The number of rotatable bonds is 7. The molecular weight excluding hydrogens is 188 g/mol. The summed E-state index contributed by atoms with van der Waals surface area (Å²) in [6.07, 6.45) is 3.95. The molecule has 0 radical (unpaired) electrons. The molecule has 6 nitrogen and oxygen atoms in total. The molecule has 0 saturated carbocycles. The average Bonchev–Trinajstić information content (AvgIpc) is 2.15. The lowest BCUT2D eigenvalue weighted by molar-refractivity contribution is -0.138. The van der Waals surface area contributed by atoms with Crippen molar-refractivity contribution in [2.24, 2.45) is 9.98 Å². The monoisotopic (exact) mass is 198 g/mol. The van der Waals surface area contributed by atoms with Crippen molar-refractivity contribution in [2.45, 2.75) is 25.3 Å². The second kappa shape index (κ2) is 7.86. The Labute approximate surface area is 80.4 Å². The molecule has 0 rings (SSSR count). The molecule has 0 saturated heterocycles. The predicted molar refractivity (Wildman–Crippen MR) is 46.4 cm³/mol. The van der Waals surface area contributed by atoms with Crippen molar-refractivity contribution in [3.63, 3.8) is 0 Å². The van der Waals surface area contributed by atoms with Crippen LogP contribution < -0.4 is 0 Å². The first-order valence-corrected chi connectivity index (χ1v) is 4.05. The van der Waals surface area contributed by atoms with Crippen molar-refractivity contribution < 1.29 is 19.5 Å². The maximum absolute atomic E-state index is 10.5. The van der Waals surface area contributed by atoms with Crippen LogP contribution in [0.4, 0.5) is 0 Å². The number of nitrogens with zero attached hydrogens (tertiary/aromatic N) is 2. The van der Waals surface area contributed by atoms with Gasteiger partial charge in [0.15, 0.2) is 6.04 Å². The molecule has 76 valence electrons. The number of aliphatic imine (C=N–C) groups is 2. The summed E-state index contributed by atoms with van der Waals surface area (Å²) in [7, 11) is 0. The van der Waals surface area contributed by atoms with Crippen molar-refractivity contribution >= 4 is 18.1 Å². The molecule has 0 aliphatic heterocycles. The van der Waals surface area contributed by atoms with Gasteiger partial charge in [-0.05, 0) is 19.3 Å². The third-order valence-corrected chi connectivity index (χ3v) is 1.56. The lowest BCUT2D eigenvalue weighted by atomic mass is 10.1. The molecule has 0 unspecified atom stereocenters. The molecule has 0 bridgehead atoms. The molecule has 0 heterocycles. The Kier molecular flexibility index (Phi) is 6.86. The summed E-state index contributed by atoms with van der Waals surface area (Å²) in [5, 5.41) is 8.55. The van der Waals surface area contributed by atoms with Crippen molar-refractivity contribution in [2.75, 3.05) is 6.54 Å². The zero-order valence-electron chi connectivity index (χ0n) is 7.47. The van der Waals surface area contributed by atoms with E-state index in [1.54, 1.807) is 0 Å². The van der Waals surface area contributed by atoms with Crippen LogP contribution in [0.2, 0.25) is 0 Å². The normalized spacial score (nSPS) is 10.9. The first kappa shape index (κ1) is 12.2. The molecule has 0 aliphatic rings. The van der Waals surface area contributed by atoms with Crippen LogP contribution in [0, 0.1) is 0 Å². The molecule has 0 aromatic carbocycles. The molecule has 0 amide bonds. The largest absolute Gasteiger partial charge is 0.480 e. The SMILES string of the molecule is O=C=NCCCC[C@@H](N=C=O)C(=O)O. The molecule has 0 aromatic heterocycles. The number of unbranched alkanes of at least 4 members (excludes halogenated alkanes) is 1. The first-order valence-electron chi connectivity index (χ1n) is 4.05. The fourth-order valence-corrected chi connectivity index (χ4v) is 0.881. The Hall–Kier alpha value is -1.77. The zero-order chi connectivity index (χ0) is 10.8. The summed E-state index contributed by atoms with van der Waals surface area (Å²) in [5.74, 6) is -1.15. The summed E-state index contributed by atoms with van der Waals surface area (Å²) >= 11 is 0. The minimum Gasteiger partial charge on any atom is -0.480 e. The van der Waals surface area contributed by atoms with Gasteiger partial charge < -0.3 is 5.11 Å². The summed E-state index contributed by atoms with van der Waals surface area (Å²) in [6.45, 7) is 0.320. The topological polar surface area (TPSA) is 96.2 Å². The van der Waals surface area contributed by atoms with Crippen LogP contribution in [0.5, 0.6) is 0 Å². The Balaban J connectivity index is 3.77. The van der Waals surface area contributed by atoms with Crippen LogP contribution in [0.1, 0.15) is 19.3 Å². The number of hydrogen-bond donors (Lipinski definition) is 1. The predicted octanol–water partition coefficient (Wildman–Crippen LogP) is 0.282. The van der Waals surface area contributed by atoms with Crippen LogP contribution in [-0.4, -0.2) is 35.8 Å². The number of carbonyl (C=O) groups excluding carboxylic acids is 2. The lowest BCUT2D eigenvalue weighted by Crippen LogP contribution is -2.17. The van der Waals surface area contributed by atoms with Crippen LogP contribution in [0.15, 0.2) is 9.98 Å². The molecular formula is C8H10N2O4. The number of hydrogen-bond acceptors (Lipinski definition) is 5. The van der Waals surface area contributed by atoms with Crippen LogP contribution in [-0.2, 0) is 14.4 Å². The van der Waals surface area contributed by atoms with Gasteiger partial charge in [0, 0.05) is 0 Å². The Bertz CT molecular complexity index is 275. The molecule has 0 fully saturated rings. The van der Waals surface area contributed by atoms with Crippen molar-refractivity contribution in [3.8, 4) is 0 Å². The van der Waals surface area contributed by atoms with Gasteiger partial charge in [0.2, 0.25) is 12.2 Å². The van der Waals surface area contributed by atoms with E-state index in [1.807, 2.05) is 0 Å². The Morgan fingerprint density at radius 3 is 2.50 bits per heavy atom. The van der Waals surface area contributed by atoms with E-state index >= 15 is 0 Å². The highest BCUT2D eigenvalue weighted by Crippen LogP contribution is 2.04. The maximum Gasteiger partial charge on any atom is 0.329 e. The van der Waals surface area contributed by atoms with E-state index in [1.165, 1.54) is 12.2 Å². The standard InChI is InChI=1S/C8H10N2O4/c11-5-9-4-2-1-3-7(8(13)14)10-6-12/h7H,1-4H2,(H,13,14)/t7-/m1/s1. The van der Waals surface area contributed by atoms with Gasteiger partial charge in [0.1, 0.15) is 0 Å². The number of aliphatic carboxylic acids is 1. The lowest BCUT2D eigenvalue weighted by Gasteiger charge is -2.02. The number of isocyanates is 2. The summed E-state index contributed by atoms with van der Waals surface area (Å²) in [4.78, 5) is 36.4. The quantitative estimate of drug-likeness (QED) is 0.361. The average molecular weight is 198 g/mol. The van der Waals surface area contributed by atoms with Gasteiger partial charge in [0.05, 0.1) is 6.54 Å². The van der Waals surface area contributed by atoms with Crippen molar-refractivity contribution in [1.29, 1.82) is 0 Å². The van der Waals surface area contributed by atoms with E-state index in [0.29, 0.717) is 19.4 Å². The van der Waals surface area contributed by atoms with E-state index in [-0.39, 0.29) is 6.42 Å². The Morgan fingerprint density at radius 1 is 1.29 bits per heavy atom. The highest BCUT2D eigenvalue weighted by atomic mass is 16.4. The van der Waals surface area contributed by atoms with E-state index in [9.17, 15) is 14.4 Å². The Morgan fingerprint density at radius 2 is 2.00 bits per heavy atom. The van der Waals surface area contributed by atoms with Crippen LogP contribution in [0.3, 0.4) is 0 Å². The second-order valence-corrected chi connectivity index (χ2v) is 2.54. The molecule has 6 heteroatoms. The minimum absolute atomic E-state index is 0.249. The van der Waals surface area contributed by atoms with Crippen molar-refractivity contribution in [3.05, 3.63) is 0 Å². The number of carboxylic acid groups (broad SMARTS) is 1. The zero-order valence-corrected chi connectivity index (χ0v) is 7.47. The van der Waals surface area contributed by atoms with Gasteiger partial charge in [-0.25, -0.2) is 19.4 Å². The molecule has 0 spiro atoms. The summed E-state index contributed by atoms with van der Waals surface area (Å²) < 4.78 is 0. The molecule has 0 aromatic rings. The van der Waals surface area contributed by atoms with Crippen molar-refractivity contribution in [1.82, 2.24) is 0 Å². The first-order chi connectivity index (χ1) is 6.72. The number of carboxylic acids is 1. The minimum atomic E-state index is -1.15. The molecule has 0 aliphatic carbocycles. The van der Waals surface area contributed by atoms with Crippen LogP contribution in [0.25, 0.3) is 0 Å². The van der Waals surface area contributed by atoms with Gasteiger partial charge in [-0.2, -0.15) is 4.99 Å². The van der Waals surface area contributed by atoms with Gasteiger partial charge in [-0.1, -0.05) is 0 Å². The molecule has 1 atom stereocenters. The van der Waals surface area contributed by atoms with Gasteiger partial charge in [0.25, 0.3) is 0 Å². The molecule has 1 N–H and O–H groups in total. The third kappa shape index (κ3) is 5.83. The third-order valence-electron chi connectivity index (χ3n) is 1.56. The smallest absolute Gasteiger partial charge is 0.329 e. The summed E-state index contributed by atoms with van der Waals surface area (Å²) in [6, 6.07) is -1.03. The van der Waals surface area contributed by atoms with E-state index < -0.39 is 12.0 Å². The van der Waals surface area contributed by atoms with Crippen LogP contribution >= 0.6 is 0 Å². The van der Waals surface area contributed by atoms with E-state index in [0.717, 1.165) is 0 Å². The molecule has 14 heavy (non-hydrogen) atoms. The fraction of sp³-hybridized carbons (Fsp3) is 0.625. The second-order valence-electron chi connectivity index (χ2n) is 2.54. The highest BCUT2D eigenvalue weighted by molar-refractivity contribution is 5.74. The van der Waals surface area contributed by atoms with E-state index in [2.05, 4.69) is 9.98 Å². The highest BCUT2D eigenvalue weighted by Gasteiger charge is 2.14. The fourth-order valence-electron chi connectivity index (χ4n) is 0.881.